The molecule has 13 heavy (non-hydrogen) atoms. The second kappa shape index (κ2) is 3.10. The highest BCUT2D eigenvalue weighted by Crippen LogP contribution is 2.25. The van der Waals surface area contributed by atoms with Gasteiger partial charge in [-0.25, -0.2) is 9.97 Å². The fourth-order valence-corrected chi connectivity index (χ4v) is 1.60. The van der Waals surface area contributed by atoms with Crippen molar-refractivity contribution in [3.8, 4) is 10.6 Å². The predicted octanol–water partition coefficient (Wildman–Crippen LogP) is 1.93. The average molecular weight is 195 g/mol. The Bertz CT molecular complexity index is 410. The number of thiazole rings is 1. The molecule has 3 nitrogen and oxygen atoms in total. The van der Waals surface area contributed by atoms with Crippen LogP contribution in [-0.4, -0.2) is 9.97 Å². The normalized spacial score (nSPS) is 10.2. The van der Waals surface area contributed by atoms with E-state index in [4.69, 9.17) is 5.73 Å². The number of hydrogen-bond donors (Lipinski definition) is 1. The Labute approximate surface area is 78.1 Å². The van der Waals surface area contributed by atoms with Crippen molar-refractivity contribution >= 4 is 16.3 Å². The number of nitrogens with two attached hydrogens (primary N) is 1. The minimum absolute atomic E-state index is 0.492. The van der Waals surface area contributed by atoms with E-state index >= 15 is 0 Å². The van der Waals surface area contributed by atoms with E-state index in [1.165, 1.54) is 23.6 Å². The maximum absolute atomic E-state index is 12.5. The Hall–Kier alpha value is -1.49. The van der Waals surface area contributed by atoms with Crippen molar-refractivity contribution in [3.63, 3.8) is 0 Å². The molecule has 66 valence electrons. The van der Waals surface area contributed by atoms with Crippen molar-refractivity contribution in [2.24, 2.45) is 0 Å². The first-order chi connectivity index (χ1) is 6.25. The Kier molecular flexibility index (Phi) is 1.94. The average Bonchev–Trinajstić information content (AvgIpc) is 2.53. The van der Waals surface area contributed by atoms with E-state index in [9.17, 15) is 4.39 Å². The highest BCUT2D eigenvalue weighted by molar-refractivity contribution is 7.18. The summed E-state index contributed by atoms with van der Waals surface area (Å²) < 4.78 is 12.5. The van der Waals surface area contributed by atoms with Crippen LogP contribution in [0.15, 0.2) is 24.5 Å². The molecule has 2 rings (SSSR count). The minimum Gasteiger partial charge on any atom is -0.389 e. The van der Waals surface area contributed by atoms with E-state index < -0.39 is 5.95 Å². The molecule has 0 amide bonds. The van der Waals surface area contributed by atoms with Gasteiger partial charge in [-0.1, -0.05) is 11.3 Å². The molecule has 2 aromatic heterocycles. The van der Waals surface area contributed by atoms with Crippen molar-refractivity contribution in [3.05, 3.63) is 30.5 Å². The molecular formula is C8H6FN3S. The molecule has 0 atom stereocenters. The topological polar surface area (TPSA) is 51.8 Å². The lowest BCUT2D eigenvalue weighted by Crippen LogP contribution is -1.81. The molecule has 2 heterocycles. The fourth-order valence-electron chi connectivity index (χ4n) is 0.922. The van der Waals surface area contributed by atoms with Crippen LogP contribution in [0.5, 0.6) is 0 Å². The number of rotatable bonds is 1. The van der Waals surface area contributed by atoms with Gasteiger partial charge in [0.1, 0.15) is 10.0 Å². The first-order valence-electron chi connectivity index (χ1n) is 3.59. The molecule has 0 fully saturated rings. The van der Waals surface area contributed by atoms with Gasteiger partial charge in [0.05, 0.1) is 6.20 Å². The van der Waals surface area contributed by atoms with Gasteiger partial charge >= 0.3 is 0 Å². The molecule has 2 N–H and O–H groups in total. The number of nitrogens with zero attached hydrogens (tertiary/aromatic N) is 2. The van der Waals surface area contributed by atoms with Gasteiger partial charge in [0.15, 0.2) is 0 Å². The lowest BCUT2D eigenvalue weighted by molar-refractivity contribution is 0.584. The molecule has 0 saturated heterocycles. The summed E-state index contributed by atoms with van der Waals surface area (Å²) in [5.74, 6) is -0.492. The van der Waals surface area contributed by atoms with Crippen molar-refractivity contribution in [1.29, 1.82) is 0 Å². The zero-order valence-corrected chi connectivity index (χ0v) is 7.38. The number of hydrogen-bond acceptors (Lipinski definition) is 4. The third-order valence-electron chi connectivity index (χ3n) is 1.50. The van der Waals surface area contributed by atoms with Crippen LogP contribution < -0.4 is 5.73 Å². The molecule has 0 spiro atoms. The summed E-state index contributed by atoms with van der Waals surface area (Å²) in [5, 5.41) is 1.39. The van der Waals surface area contributed by atoms with Crippen molar-refractivity contribution in [1.82, 2.24) is 9.97 Å². The van der Waals surface area contributed by atoms with Crippen LogP contribution in [0.3, 0.4) is 0 Å². The highest BCUT2D eigenvalue weighted by Gasteiger charge is 2.02. The molecule has 0 aliphatic heterocycles. The van der Waals surface area contributed by atoms with Gasteiger partial charge in [-0.3, -0.25) is 0 Å². The second-order valence-corrected chi connectivity index (χ2v) is 3.50. The Morgan fingerprint density at radius 3 is 2.62 bits per heavy atom. The number of aromatic nitrogens is 2. The summed E-state index contributed by atoms with van der Waals surface area (Å²) in [6, 6.07) is 2.92. The Morgan fingerprint density at radius 1 is 1.23 bits per heavy atom. The minimum atomic E-state index is -0.492. The largest absolute Gasteiger partial charge is 0.389 e. The molecule has 0 radical (unpaired) electrons. The summed E-state index contributed by atoms with van der Waals surface area (Å²) in [5.41, 5.74) is 6.29. The summed E-state index contributed by atoms with van der Waals surface area (Å²) in [6.07, 6.45) is 3.01. The van der Waals surface area contributed by atoms with Crippen LogP contribution in [0.25, 0.3) is 10.6 Å². The molecule has 0 aliphatic rings. The van der Waals surface area contributed by atoms with Gasteiger partial charge < -0.3 is 5.73 Å². The van der Waals surface area contributed by atoms with E-state index in [-0.39, 0.29) is 0 Å². The molecule has 0 unspecified atom stereocenters. The van der Waals surface area contributed by atoms with Crippen LogP contribution in [-0.2, 0) is 0 Å². The molecule has 5 heteroatoms. The first kappa shape index (κ1) is 8.12. The number of pyridine rings is 1. The maximum atomic E-state index is 12.5. The smallest absolute Gasteiger partial charge is 0.212 e. The zero-order valence-electron chi connectivity index (χ0n) is 6.57. The van der Waals surface area contributed by atoms with Crippen molar-refractivity contribution in [2.45, 2.75) is 0 Å². The van der Waals surface area contributed by atoms with Crippen LogP contribution in [0.4, 0.5) is 9.39 Å². The molecule has 0 aromatic carbocycles. The standard InChI is InChI=1S/C8H6FN3S/c9-6-2-1-5(3-11-6)8-12-4-7(10)13-8/h1-4H,10H2. The number of halogens is 1. The van der Waals surface area contributed by atoms with Crippen molar-refractivity contribution in [2.75, 3.05) is 5.73 Å². The molecular weight excluding hydrogens is 189 g/mol. The number of anilines is 1. The number of nitrogen functional groups attached to an aromatic ring is 1. The van der Waals surface area contributed by atoms with Gasteiger partial charge in [-0.15, -0.1) is 0 Å². The lowest BCUT2D eigenvalue weighted by atomic mass is 10.3. The second-order valence-electron chi connectivity index (χ2n) is 2.44. The molecule has 2 aromatic rings. The highest BCUT2D eigenvalue weighted by atomic mass is 32.1. The van der Waals surface area contributed by atoms with Gasteiger partial charge in [0.2, 0.25) is 5.95 Å². The van der Waals surface area contributed by atoms with Crippen LogP contribution in [0, 0.1) is 5.95 Å². The summed E-state index contributed by atoms with van der Waals surface area (Å²) in [4.78, 5) is 7.57. The quantitative estimate of drug-likeness (QED) is 0.707. The third kappa shape index (κ3) is 1.65. The summed E-state index contributed by atoms with van der Waals surface area (Å²) >= 11 is 1.35. The maximum Gasteiger partial charge on any atom is 0.212 e. The van der Waals surface area contributed by atoms with Gasteiger partial charge in [0, 0.05) is 11.8 Å². The first-order valence-corrected chi connectivity index (χ1v) is 4.40. The predicted molar refractivity (Wildman–Crippen MR) is 49.7 cm³/mol. The van der Waals surface area contributed by atoms with Gasteiger partial charge in [-0.05, 0) is 12.1 Å². The van der Waals surface area contributed by atoms with E-state index in [0.717, 1.165) is 10.6 Å². The fraction of sp³-hybridized carbons (Fsp3) is 0. The monoisotopic (exact) mass is 195 g/mol. The summed E-state index contributed by atoms with van der Waals surface area (Å²) in [7, 11) is 0. The van der Waals surface area contributed by atoms with E-state index in [1.807, 2.05) is 0 Å². The van der Waals surface area contributed by atoms with Crippen molar-refractivity contribution < 1.29 is 4.39 Å². The lowest BCUT2D eigenvalue weighted by Gasteiger charge is -1.93. The Balaban J connectivity index is 2.41. The van der Waals surface area contributed by atoms with Gasteiger partial charge in [-0.2, -0.15) is 4.39 Å². The third-order valence-corrected chi connectivity index (χ3v) is 2.37. The summed E-state index contributed by atoms with van der Waals surface area (Å²) in [6.45, 7) is 0. The van der Waals surface area contributed by atoms with E-state index in [2.05, 4.69) is 9.97 Å². The molecule has 0 saturated carbocycles. The van der Waals surface area contributed by atoms with Crippen LogP contribution in [0.2, 0.25) is 0 Å². The SMILES string of the molecule is Nc1cnc(-c2ccc(F)nc2)s1. The van der Waals surface area contributed by atoms with Gasteiger partial charge in [0.25, 0.3) is 0 Å². The van der Waals surface area contributed by atoms with Crippen LogP contribution >= 0.6 is 11.3 Å². The zero-order chi connectivity index (χ0) is 9.26. The molecule has 0 aliphatic carbocycles. The van der Waals surface area contributed by atoms with E-state index in [1.54, 1.807) is 12.3 Å². The molecule has 0 bridgehead atoms. The van der Waals surface area contributed by atoms with E-state index in [0.29, 0.717) is 5.00 Å². The Morgan fingerprint density at radius 2 is 2.08 bits per heavy atom. The van der Waals surface area contributed by atoms with Crippen LogP contribution in [0.1, 0.15) is 0 Å².